The fourth-order valence-electron chi connectivity index (χ4n) is 0.646. The van der Waals surface area contributed by atoms with Gasteiger partial charge in [0.25, 0.3) is 17.6 Å². The van der Waals surface area contributed by atoms with E-state index in [2.05, 4.69) is 20.5 Å². The average Bonchev–Trinajstić information content (AvgIpc) is 2.41. The van der Waals surface area contributed by atoms with E-state index in [1.54, 1.807) is 0 Å². The standard InChI is InChI=1S/C3H2FN5O/c4-1-2(10)9-3(5-1)6-7-8-9/h10H,(H,5,6,8). The number of aromatic nitrogens is 5. The Labute approximate surface area is 53.3 Å². The van der Waals surface area contributed by atoms with Crippen LogP contribution in [0, 0.1) is 5.95 Å². The summed E-state index contributed by atoms with van der Waals surface area (Å²) in [5.41, 5.74) is 0. The maximum atomic E-state index is 12.3. The summed E-state index contributed by atoms with van der Waals surface area (Å²) in [4.78, 5) is 3.21. The minimum atomic E-state index is -0.957. The molecule has 0 fully saturated rings. The number of imidazole rings is 1. The van der Waals surface area contributed by atoms with Crippen LogP contribution in [0.25, 0.3) is 5.78 Å². The van der Waals surface area contributed by atoms with E-state index < -0.39 is 11.8 Å². The van der Waals surface area contributed by atoms with Gasteiger partial charge in [-0.25, -0.2) is 0 Å². The molecule has 2 rings (SSSR count). The van der Waals surface area contributed by atoms with Crippen LogP contribution in [-0.2, 0) is 0 Å². The lowest BCUT2D eigenvalue weighted by molar-refractivity contribution is 0.395. The minimum Gasteiger partial charge on any atom is -0.490 e. The molecule has 0 unspecified atom stereocenters. The molecule has 0 atom stereocenters. The van der Waals surface area contributed by atoms with Crippen LogP contribution in [-0.4, -0.2) is 30.1 Å². The zero-order valence-electron chi connectivity index (χ0n) is 4.61. The van der Waals surface area contributed by atoms with Crippen LogP contribution in [0.1, 0.15) is 0 Å². The summed E-state index contributed by atoms with van der Waals surface area (Å²) < 4.78 is 13.2. The van der Waals surface area contributed by atoms with Gasteiger partial charge >= 0.3 is 0 Å². The van der Waals surface area contributed by atoms with Crippen molar-refractivity contribution in [2.45, 2.75) is 0 Å². The van der Waals surface area contributed by atoms with Crippen molar-refractivity contribution >= 4 is 5.78 Å². The Hall–Kier alpha value is -1.66. The number of nitrogens with zero attached hydrogens (tertiary/aromatic N) is 4. The van der Waals surface area contributed by atoms with Crippen LogP contribution < -0.4 is 0 Å². The van der Waals surface area contributed by atoms with Crippen molar-refractivity contribution in [3.63, 3.8) is 0 Å². The number of H-pyrrole nitrogens is 1. The molecule has 52 valence electrons. The fourth-order valence-corrected chi connectivity index (χ4v) is 0.646. The molecule has 10 heavy (non-hydrogen) atoms. The molecule has 0 aliphatic rings. The zero-order valence-corrected chi connectivity index (χ0v) is 4.61. The Morgan fingerprint density at radius 3 is 3.10 bits per heavy atom. The predicted octanol–water partition coefficient (Wildman–Crippen LogP) is -0.703. The monoisotopic (exact) mass is 143 g/mol. The van der Waals surface area contributed by atoms with Gasteiger partial charge < -0.3 is 5.11 Å². The molecule has 0 radical (unpaired) electrons. The molecule has 2 aromatic rings. The third kappa shape index (κ3) is 0.437. The van der Waals surface area contributed by atoms with E-state index >= 15 is 0 Å². The highest BCUT2D eigenvalue weighted by Gasteiger charge is 2.11. The summed E-state index contributed by atoms with van der Waals surface area (Å²) in [6.07, 6.45) is 0. The van der Waals surface area contributed by atoms with Gasteiger partial charge in [0.1, 0.15) is 0 Å². The highest BCUT2D eigenvalue weighted by Crippen LogP contribution is 2.12. The first-order chi connectivity index (χ1) is 4.79. The Bertz CT molecular complexity index is 364. The summed E-state index contributed by atoms with van der Waals surface area (Å²) >= 11 is 0. The third-order valence-corrected chi connectivity index (χ3v) is 1.08. The second kappa shape index (κ2) is 1.43. The van der Waals surface area contributed by atoms with Crippen molar-refractivity contribution < 1.29 is 9.50 Å². The van der Waals surface area contributed by atoms with Gasteiger partial charge in [-0.05, 0) is 5.21 Å². The molecule has 2 aromatic heterocycles. The lowest BCUT2D eigenvalue weighted by Crippen LogP contribution is -1.82. The highest BCUT2D eigenvalue weighted by molar-refractivity contribution is 5.29. The van der Waals surface area contributed by atoms with Crippen molar-refractivity contribution in [2.75, 3.05) is 0 Å². The number of aromatic hydroxyl groups is 1. The third-order valence-electron chi connectivity index (χ3n) is 1.08. The number of tetrazole rings is 1. The largest absolute Gasteiger partial charge is 0.490 e. The Morgan fingerprint density at radius 1 is 1.60 bits per heavy atom. The van der Waals surface area contributed by atoms with E-state index in [1.807, 2.05) is 0 Å². The maximum Gasteiger partial charge on any atom is 0.278 e. The fraction of sp³-hybridized carbons (Fsp3) is 0. The Balaban J connectivity index is 2.95. The van der Waals surface area contributed by atoms with Gasteiger partial charge in [-0.1, -0.05) is 5.10 Å². The van der Waals surface area contributed by atoms with Crippen LogP contribution in [0.4, 0.5) is 4.39 Å². The highest BCUT2D eigenvalue weighted by atomic mass is 19.1. The van der Waals surface area contributed by atoms with Crippen molar-refractivity contribution in [3.8, 4) is 5.88 Å². The molecule has 7 heteroatoms. The Kier molecular flexibility index (Phi) is 0.739. The second-order valence-corrected chi connectivity index (χ2v) is 1.66. The van der Waals surface area contributed by atoms with E-state index in [0.29, 0.717) is 0 Å². The van der Waals surface area contributed by atoms with Gasteiger partial charge in [0.15, 0.2) is 0 Å². The first-order valence-corrected chi connectivity index (χ1v) is 2.43. The van der Waals surface area contributed by atoms with Crippen molar-refractivity contribution in [1.29, 1.82) is 0 Å². The maximum absolute atomic E-state index is 12.3. The molecule has 6 nitrogen and oxygen atoms in total. The van der Waals surface area contributed by atoms with E-state index in [-0.39, 0.29) is 5.78 Å². The first kappa shape index (κ1) is 5.15. The molecular formula is C3H2FN5O. The number of fused-ring (bicyclic) bond motifs is 1. The van der Waals surface area contributed by atoms with Crippen LogP contribution in [0.3, 0.4) is 0 Å². The van der Waals surface area contributed by atoms with Crippen LogP contribution >= 0.6 is 0 Å². The van der Waals surface area contributed by atoms with Crippen molar-refractivity contribution in [2.24, 2.45) is 0 Å². The first-order valence-electron chi connectivity index (χ1n) is 2.43. The normalized spacial score (nSPS) is 10.9. The molecule has 2 heterocycles. The molecular weight excluding hydrogens is 141 g/mol. The minimum absolute atomic E-state index is 0.00926. The molecule has 0 spiro atoms. The zero-order chi connectivity index (χ0) is 7.14. The number of hydrogen-bond donors (Lipinski definition) is 2. The lowest BCUT2D eigenvalue weighted by Gasteiger charge is -1.81. The predicted molar refractivity (Wildman–Crippen MR) is 26.8 cm³/mol. The van der Waals surface area contributed by atoms with E-state index in [9.17, 15) is 4.39 Å². The topological polar surface area (TPSA) is 79.1 Å². The second-order valence-electron chi connectivity index (χ2n) is 1.66. The molecule has 0 aliphatic carbocycles. The molecule has 2 N–H and O–H groups in total. The number of aromatic amines is 1. The van der Waals surface area contributed by atoms with Crippen LogP contribution in [0.5, 0.6) is 5.88 Å². The van der Waals surface area contributed by atoms with Crippen molar-refractivity contribution in [1.82, 2.24) is 25.0 Å². The van der Waals surface area contributed by atoms with Crippen LogP contribution in [0.2, 0.25) is 0 Å². The van der Waals surface area contributed by atoms with E-state index in [1.165, 1.54) is 0 Å². The quantitative estimate of drug-likeness (QED) is 0.511. The van der Waals surface area contributed by atoms with Crippen molar-refractivity contribution in [3.05, 3.63) is 5.95 Å². The van der Waals surface area contributed by atoms with E-state index in [4.69, 9.17) is 5.11 Å². The molecule has 0 aromatic carbocycles. The van der Waals surface area contributed by atoms with Gasteiger partial charge in [0.2, 0.25) is 0 Å². The van der Waals surface area contributed by atoms with Gasteiger partial charge in [-0.2, -0.15) is 19.1 Å². The van der Waals surface area contributed by atoms with Gasteiger partial charge in [0, 0.05) is 0 Å². The number of hydrogen-bond acceptors (Lipinski definition) is 4. The lowest BCUT2D eigenvalue weighted by atomic mass is 10.8. The summed E-state index contributed by atoms with van der Waals surface area (Å²) in [6, 6.07) is 0. The number of nitrogens with one attached hydrogen (secondary N) is 1. The summed E-state index contributed by atoms with van der Waals surface area (Å²) in [6.45, 7) is 0. The summed E-state index contributed by atoms with van der Waals surface area (Å²) in [5, 5.41) is 17.6. The smallest absolute Gasteiger partial charge is 0.278 e. The van der Waals surface area contributed by atoms with Gasteiger partial charge in [-0.15, -0.1) is 0 Å². The molecule has 0 saturated heterocycles. The summed E-state index contributed by atoms with van der Waals surface area (Å²) in [7, 11) is 0. The Morgan fingerprint density at radius 2 is 2.40 bits per heavy atom. The summed E-state index contributed by atoms with van der Waals surface area (Å²) in [5.74, 6) is -1.56. The van der Waals surface area contributed by atoms with Gasteiger partial charge in [-0.3, -0.25) is 0 Å². The molecule has 0 aliphatic heterocycles. The van der Waals surface area contributed by atoms with E-state index in [0.717, 1.165) is 4.52 Å². The SMILES string of the molecule is Oc1c(F)nc2nn[nH]n12. The molecule has 0 amide bonds. The molecule has 0 saturated carbocycles. The van der Waals surface area contributed by atoms with Gasteiger partial charge in [0.05, 0.1) is 0 Å². The number of halogens is 1. The number of rotatable bonds is 0. The van der Waals surface area contributed by atoms with Crippen LogP contribution in [0.15, 0.2) is 0 Å². The molecule has 0 bridgehead atoms. The average molecular weight is 143 g/mol.